The van der Waals surface area contributed by atoms with Crippen molar-refractivity contribution in [3.8, 4) is 0 Å². The summed E-state index contributed by atoms with van der Waals surface area (Å²) >= 11 is 6.07. The van der Waals surface area contributed by atoms with E-state index in [0.29, 0.717) is 11.6 Å². The van der Waals surface area contributed by atoms with Crippen LogP contribution < -0.4 is 9.80 Å². The molecule has 0 saturated heterocycles. The van der Waals surface area contributed by atoms with Gasteiger partial charge in [0.05, 0.1) is 0 Å². The van der Waals surface area contributed by atoms with Crippen LogP contribution in [0.15, 0.2) is 54.6 Å². The van der Waals surface area contributed by atoms with Gasteiger partial charge in [-0.2, -0.15) is 0 Å². The van der Waals surface area contributed by atoms with Crippen LogP contribution in [0.2, 0.25) is 5.02 Å². The number of carbonyl (C=O) groups is 1. The monoisotopic (exact) mass is 400 g/mol. The zero-order valence-electron chi connectivity index (χ0n) is 17.2. The van der Waals surface area contributed by atoms with Gasteiger partial charge in [0.1, 0.15) is 0 Å². The molecule has 0 spiro atoms. The maximum absolute atomic E-state index is 13.5. The van der Waals surface area contributed by atoms with Gasteiger partial charge >= 0.3 is 6.03 Å². The maximum Gasteiger partial charge on any atom is 0.328 e. The number of unbranched alkanes of at least 4 members (excludes halogenated alkanes) is 5. The molecular formula is C24H33ClN2O. The van der Waals surface area contributed by atoms with Crippen molar-refractivity contribution in [2.24, 2.45) is 0 Å². The molecule has 0 atom stereocenters. The number of hydrogen-bond acceptors (Lipinski definition) is 1. The number of halogens is 1. The highest BCUT2D eigenvalue weighted by molar-refractivity contribution is 6.30. The zero-order valence-corrected chi connectivity index (χ0v) is 18.0. The first kappa shape index (κ1) is 22.3. The van der Waals surface area contributed by atoms with Gasteiger partial charge < -0.3 is 0 Å². The van der Waals surface area contributed by atoms with Crippen molar-refractivity contribution < 1.29 is 4.79 Å². The third-order valence-corrected chi connectivity index (χ3v) is 5.10. The van der Waals surface area contributed by atoms with Crippen molar-refractivity contribution in [1.29, 1.82) is 0 Å². The summed E-state index contributed by atoms with van der Waals surface area (Å²) in [7, 11) is 0. The van der Waals surface area contributed by atoms with Crippen molar-refractivity contribution in [3.63, 3.8) is 0 Å². The molecule has 2 amide bonds. The fraction of sp³-hybridized carbons (Fsp3) is 0.458. The Bertz CT molecular complexity index is 688. The minimum Gasteiger partial charge on any atom is -0.294 e. The Balaban J connectivity index is 2.15. The predicted octanol–water partition coefficient (Wildman–Crippen LogP) is 7.54. The molecule has 0 saturated carbocycles. The summed E-state index contributed by atoms with van der Waals surface area (Å²) in [6.45, 7) is 5.75. The molecule has 0 heterocycles. The summed E-state index contributed by atoms with van der Waals surface area (Å²) in [5, 5.41) is 0.684. The number of para-hydroxylation sites is 1. The summed E-state index contributed by atoms with van der Waals surface area (Å²) in [4.78, 5) is 17.3. The number of urea groups is 1. The van der Waals surface area contributed by atoms with Gasteiger partial charge in [-0.1, -0.05) is 75.8 Å². The number of benzene rings is 2. The van der Waals surface area contributed by atoms with Crippen LogP contribution in [0.1, 0.15) is 58.8 Å². The van der Waals surface area contributed by atoms with Gasteiger partial charge in [0, 0.05) is 29.5 Å². The van der Waals surface area contributed by atoms with Crippen LogP contribution in [0.25, 0.3) is 0 Å². The van der Waals surface area contributed by atoms with E-state index in [4.69, 9.17) is 11.6 Å². The van der Waals surface area contributed by atoms with Crippen LogP contribution >= 0.6 is 11.6 Å². The quantitative estimate of drug-likeness (QED) is 0.357. The number of amides is 2. The molecule has 0 aliphatic heterocycles. The topological polar surface area (TPSA) is 23.6 Å². The molecule has 2 aromatic carbocycles. The molecule has 0 bridgehead atoms. The van der Waals surface area contributed by atoms with E-state index in [1.54, 1.807) is 0 Å². The van der Waals surface area contributed by atoms with Gasteiger partial charge in [0.15, 0.2) is 0 Å². The van der Waals surface area contributed by atoms with Crippen LogP contribution in [0.5, 0.6) is 0 Å². The Kier molecular flexibility index (Phi) is 9.92. The highest BCUT2D eigenvalue weighted by Crippen LogP contribution is 2.23. The molecule has 0 radical (unpaired) electrons. The molecule has 152 valence electrons. The first-order valence-corrected chi connectivity index (χ1v) is 10.9. The van der Waals surface area contributed by atoms with Gasteiger partial charge in [-0.3, -0.25) is 9.80 Å². The first-order valence-electron chi connectivity index (χ1n) is 10.6. The smallest absolute Gasteiger partial charge is 0.294 e. The summed E-state index contributed by atoms with van der Waals surface area (Å²) in [6.07, 6.45) is 8.11. The standard InChI is InChI=1S/C24H33ClN2O/c1-3-5-6-7-8-12-20-27(23-17-15-21(25)16-18-23)24(28)26(19-4-2)22-13-10-9-11-14-22/h9-11,13-18H,3-8,12,19-20H2,1-2H3. The number of carbonyl (C=O) groups excluding carboxylic acids is 1. The molecule has 2 rings (SSSR count). The third-order valence-electron chi connectivity index (χ3n) is 4.85. The Hall–Kier alpha value is -2.00. The highest BCUT2D eigenvalue weighted by Gasteiger charge is 2.23. The largest absolute Gasteiger partial charge is 0.328 e. The molecule has 0 unspecified atom stereocenters. The van der Waals surface area contributed by atoms with Crippen LogP contribution in [-0.4, -0.2) is 19.1 Å². The van der Waals surface area contributed by atoms with Crippen LogP contribution in [0.4, 0.5) is 16.2 Å². The second-order valence-electron chi connectivity index (χ2n) is 7.17. The molecule has 3 nitrogen and oxygen atoms in total. The molecular weight excluding hydrogens is 368 g/mol. The molecule has 0 aliphatic carbocycles. The van der Waals surface area contributed by atoms with E-state index in [1.165, 1.54) is 25.7 Å². The number of rotatable bonds is 11. The Labute approximate surface area is 175 Å². The van der Waals surface area contributed by atoms with Crippen LogP contribution in [0.3, 0.4) is 0 Å². The van der Waals surface area contributed by atoms with Crippen LogP contribution in [0, 0.1) is 0 Å². The molecule has 2 aromatic rings. The van der Waals surface area contributed by atoms with Crippen molar-refractivity contribution in [2.75, 3.05) is 22.9 Å². The third kappa shape index (κ3) is 6.87. The van der Waals surface area contributed by atoms with Crippen LogP contribution in [-0.2, 0) is 0 Å². The van der Waals surface area contributed by atoms with Gasteiger partial charge in [-0.25, -0.2) is 4.79 Å². The van der Waals surface area contributed by atoms with E-state index in [0.717, 1.165) is 37.2 Å². The lowest BCUT2D eigenvalue weighted by Crippen LogP contribution is -2.44. The van der Waals surface area contributed by atoms with Crippen molar-refractivity contribution in [3.05, 3.63) is 59.6 Å². The van der Waals surface area contributed by atoms with E-state index in [-0.39, 0.29) is 6.03 Å². The summed E-state index contributed by atoms with van der Waals surface area (Å²) < 4.78 is 0. The summed E-state index contributed by atoms with van der Waals surface area (Å²) in [5.74, 6) is 0. The van der Waals surface area contributed by atoms with E-state index >= 15 is 0 Å². The van der Waals surface area contributed by atoms with Crippen molar-refractivity contribution in [2.45, 2.75) is 58.8 Å². The number of hydrogen-bond donors (Lipinski definition) is 0. The van der Waals surface area contributed by atoms with E-state index in [1.807, 2.05) is 64.4 Å². The zero-order chi connectivity index (χ0) is 20.2. The van der Waals surface area contributed by atoms with E-state index < -0.39 is 0 Å². The van der Waals surface area contributed by atoms with Gasteiger partial charge in [-0.05, 0) is 49.2 Å². The lowest BCUT2D eigenvalue weighted by atomic mass is 10.1. The first-order chi connectivity index (χ1) is 13.7. The minimum absolute atomic E-state index is 0.0314. The lowest BCUT2D eigenvalue weighted by molar-refractivity contribution is 0.251. The second-order valence-corrected chi connectivity index (χ2v) is 7.60. The average molecular weight is 401 g/mol. The Morgan fingerprint density at radius 2 is 1.29 bits per heavy atom. The molecule has 0 aromatic heterocycles. The Morgan fingerprint density at radius 1 is 0.714 bits per heavy atom. The minimum atomic E-state index is 0.0314. The van der Waals surface area contributed by atoms with Gasteiger partial charge in [0.2, 0.25) is 0 Å². The molecule has 0 N–H and O–H groups in total. The predicted molar refractivity (Wildman–Crippen MR) is 122 cm³/mol. The number of anilines is 2. The summed E-state index contributed by atoms with van der Waals surface area (Å²) in [5.41, 5.74) is 1.84. The normalized spacial score (nSPS) is 10.7. The maximum atomic E-state index is 13.5. The number of nitrogens with zero attached hydrogens (tertiary/aromatic N) is 2. The molecule has 0 fully saturated rings. The molecule has 0 aliphatic rings. The van der Waals surface area contributed by atoms with Crippen molar-refractivity contribution >= 4 is 29.0 Å². The lowest BCUT2D eigenvalue weighted by Gasteiger charge is -2.31. The van der Waals surface area contributed by atoms with Gasteiger partial charge in [-0.15, -0.1) is 0 Å². The summed E-state index contributed by atoms with van der Waals surface area (Å²) in [6, 6.07) is 17.5. The SMILES string of the molecule is CCCCCCCCN(C(=O)N(CCC)c1ccccc1)c1ccc(Cl)cc1. The van der Waals surface area contributed by atoms with Crippen molar-refractivity contribution in [1.82, 2.24) is 0 Å². The molecule has 4 heteroatoms. The molecule has 28 heavy (non-hydrogen) atoms. The van der Waals surface area contributed by atoms with E-state index in [2.05, 4.69) is 13.8 Å². The average Bonchev–Trinajstić information content (AvgIpc) is 2.72. The fourth-order valence-corrected chi connectivity index (χ4v) is 3.44. The fourth-order valence-electron chi connectivity index (χ4n) is 3.32. The van der Waals surface area contributed by atoms with Gasteiger partial charge in [0.25, 0.3) is 0 Å². The highest BCUT2D eigenvalue weighted by atomic mass is 35.5. The Morgan fingerprint density at radius 3 is 1.93 bits per heavy atom. The van der Waals surface area contributed by atoms with E-state index in [9.17, 15) is 4.79 Å². The second kappa shape index (κ2) is 12.5.